The Hall–Kier alpha value is -2.96. The van der Waals surface area contributed by atoms with Gasteiger partial charge in [0.25, 0.3) is 0 Å². The van der Waals surface area contributed by atoms with Gasteiger partial charge in [0, 0.05) is 13.1 Å². The fourth-order valence-electron chi connectivity index (χ4n) is 2.34. The molecule has 26 heavy (non-hydrogen) atoms. The lowest BCUT2D eigenvalue weighted by molar-refractivity contribution is 0.240. The molecule has 2 rings (SSSR count). The van der Waals surface area contributed by atoms with E-state index >= 15 is 0 Å². The standard InChI is InChI=1S/C19H23FN2O4/c1-4-26-16-7-5-13(9-15(16)20)11-21-19(23)22-12-14-6-8-17(24-2)18(10-14)25-3/h5-10H,4,11-12H2,1-3H3,(H2,21,22,23). The zero-order valence-electron chi connectivity index (χ0n) is 15.1. The fourth-order valence-corrected chi connectivity index (χ4v) is 2.34. The molecular weight excluding hydrogens is 339 g/mol. The Bertz CT molecular complexity index is 752. The average molecular weight is 362 g/mol. The zero-order chi connectivity index (χ0) is 18.9. The summed E-state index contributed by atoms with van der Waals surface area (Å²) in [6.45, 7) is 2.72. The normalized spacial score (nSPS) is 10.2. The van der Waals surface area contributed by atoms with E-state index in [1.54, 1.807) is 45.4 Å². The molecule has 0 saturated carbocycles. The number of ether oxygens (including phenoxy) is 3. The van der Waals surface area contributed by atoms with Crippen molar-refractivity contribution in [3.63, 3.8) is 0 Å². The van der Waals surface area contributed by atoms with E-state index in [1.807, 2.05) is 6.07 Å². The number of methoxy groups -OCH3 is 2. The largest absolute Gasteiger partial charge is 0.493 e. The summed E-state index contributed by atoms with van der Waals surface area (Å²) < 4.78 is 29.3. The minimum absolute atomic E-state index is 0.203. The molecule has 0 aliphatic carbocycles. The summed E-state index contributed by atoms with van der Waals surface area (Å²) in [7, 11) is 3.12. The second-order valence-corrected chi connectivity index (χ2v) is 5.42. The Morgan fingerprint density at radius 1 is 0.923 bits per heavy atom. The van der Waals surface area contributed by atoms with Gasteiger partial charge < -0.3 is 24.8 Å². The smallest absolute Gasteiger partial charge is 0.315 e. The van der Waals surface area contributed by atoms with Crippen LogP contribution < -0.4 is 24.8 Å². The van der Waals surface area contributed by atoms with Gasteiger partial charge in [-0.25, -0.2) is 9.18 Å². The van der Waals surface area contributed by atoms with Gasteiger partial charge in [-0.05, 0) is 42.3 Å². The monoisotopic (exact) mass is 362 g/mol. The highest BCUT2D eigenvalue weighted by molar-refractivity contribution is 5.73. The number of halogens is 1. The first kappa shape index (κ1) is 19.4. The average Bonchev–Trinajstić information content (AvgIpc) is 2.66. The van der Waals surface area contributed by atoms with Crippen LogP contribution in [0.3, 0.4) is 0 Å². The van der Waals surface area contributed by atoms with Crippen molar-refractivity contribution < 1.29 is 23.4 Å². The summed E-state index contributed by atoms with van der Waals surface area (Å²) in [5.74, 6) is 0.973. The molecule has 7 heteroatoms. The van der Waals surface area contributed by atoms with Crippen LogP contribution in [-0.4, -0.2) is 26.9 Å². The third-order valence-electron chi connectivity index (χ3n) is 3.65. The number of nitrogens with one attached hydrogen (secondary N) is 2. The lowest BCUT2D eigenvalue weighted by Crippen LogP contribution is -2.34. The van der Waals surface area contributed by atoms with Gasteiger partial charge >= 0.3 is 6.03 Å². The highest BCUT2D eigenvalue weighted by atomic mass is 19.1. The van der Waals surface area contributed by atoms with Crippen LogP contribution in [0, 0.1) is 5.82 Å². The molecule has 0 radical (unpaired) electrons. The Kier molecular flexibility index (Phi) is 7.08. The van der Waals surface area contributed by atoms with E-state index in [9.17, 15) is 9.18 Å². The first-order valence-electron chi connectivity index (χ1n) is 8.21. The summed E-state index contributed by atoms with van der Waals surface area (Å²) in [4.78, 5) is 11.9. The number of urea groups is 1. The molecule has 2 aromatic rings. The van der Waals surface area contributed by atoms with E-state index in [0.717, 1.165) is 5.56 Å². The van der Waals surface area contributed by atoms with Crippen molar-refractivity contribution in [2.24, 2.45) is 0 Å². The van der Waals surface area contributed by atoms with Crippen molar-refractivity contribution in [3.8, 4) is 17.2 Å². The molecule has 0 heterocycles. The van der Waals surface area contributed by atoms with Crippen LogP contribution >= 0.6 is 0 Å². The van der Waals surface area contributed by atoms with Gasteiger partial charge in [0.15, 0.2) is 23.1 Å². The Labute approximate surface area is 152 Å². The van der Waals surface area contributed by atoms with Crippen molar-refractivity contribution in [3.05, 3.63) is 53.3 Å². The number of hydrogen-bond acceptors (Lipinski definition) is 4. The minimum atomic E-state index is -0.447. The number of hydrogen-bond donors (Lipinski definition) is 2. The van der Waals surface area contributed by atoms with Gasteiger partial charge in [-0.15, -0.1) is 0 Å². The van der Waals surface area contributed by atoms with Gasteiger partial charge in [0.05, 0.1) is 20.8 Å². The van der Waals surface area contributed by atoms with Crippen molar-refractivity contribution in [1.82, 2.24) is 10.6 Å². The third-order valence-corrected chi connectivity index (χ3v) is 3.65. The van der Waals surface area contributed by atoms with Crippen LogP contribution in [0.5, 0.6) is 17.2 Å². The maximum absolute atomic E-state index is 13.8. The van der Waals surface area contributed by atoms with Crippen LogP contribution in [0.25, 0.3) is 0 Å². The molecule has 2 aromatic carbocycles. The van der Waals surface area contributed by atoms with Crippen LogP contribution in [0.15, 0.2) is 36.4 Å². The molecule has 0 atom stereocenters. The highest BCUT2D eigenvalue weighted by Crippen LogP contribution is 2.27. The zero-order valence-corrected chi connectivity index (χ0v) is 15.1. The SMILES string of the molecule is CCOc1ccc(CNC(=O)NCc2ccc(OC)c(OC)c2)cc1F. The lowest BCUT2D eigenvalue weighted by atomic mass is 10.2. The van der Waals surface area contributed by atoms with E-state index < -0.39 is 5.82 Å². The summed E-state index contributed by atoms with van der Waals surface area (Å²) in [6.07, 6.45) is 0. The van der Waals surface area contributed by atoms with Crippen LogP contribution in [0.1, 0.15) is 18.1 Å². The topological polar surface area (TPSA) is 68.8 Å². The number of rotatable bonds is 8. The maximum Gasteiger partial charge on any atom is 0.315 e. The number of amides is 2. The molecule has 0 unspecified atom stereocenters. The molecule has 0 spiro atoms. The molecule has 0 bridgehead atoms. The van der Waals surface area contributed by atoms with Gasteiger partial charge in [0.1, 0.15) is 0 Å². The Morgan fingerprint density at radius 2 is 1.50 bits per heavy atom. The van der Waals surface area contributed by atoms with E-state index in [0.29, 0.717) is 30.2 Å². The predicted octanol–water partition coefficient (Wildman–Crippen LogP) is 3.24. The summed E-state index contributed by atoms with van der Waals surface area (Å²) in [5, 5.41) is 5.42. The summed E-state index contributed by atoms with van der Waals surface area (Å²) >= 11 is 0. The molecule has 2 amide bonds. The summed E-state index contributed by atoms with van der Waals surface area (Å²) in [6, 6.07) is 9.66. The lowest BCUT2D eigenvalue weighted by Gasteiger charge is -2.11. The highest BCUT2D eigenvalue weighted by Gasteiger charge is 2.07. The molecular formula is C19H23FN2O4. The van der Waals surface area contributed by atoms with E-state index in [4.69, 9.17) is 14.2 Å². The fraction of sp³-hybridized carbons (Fsp3) is 0.316. The molecule has 0 saturated heterocycles. The number of carbonyl (C=O) groups is 1. The number of benzene rings is 2. The maximum atomic E-state index is 13.8. The van der Waals surface area contributed by atoms with Crippen LogP contribution in [-0.2, 0) is 13.1 Å². The quantitative estimate of drug-likeness (QED) is 0.756. The van der Waals surface area contributed by atoms with E-state index in [2.05, 4.69) is 10.6 Å². The first-order valence-corrected chi connectivity index (χ1v) is 8.21. The molecule has 0 aliphatic rings. The molecule has 0 fully saturated rings. The van der Waals surface area contributed by atoms with Gasteiger partial charge in [-0.2, -0.15) is 0 Å². The van der Waals surface area contributed by atoms with E-state index in [-0.39, 0.29) is 18.3 Å². The predicted molar refractivity (Wildman–Crippen MR) is 96.2 cm³/mol. The minimum Gasteiger partial charge on any atom is -0.493 e. The van der Waals surface area contributed by atoms with Gasteiger partial charge in [0.2, 0.25) is 0 Å². The van der Waals surface area contributed by atoms with Crippen LogP contribution in [0.2, 0.25) is 0 Å². The molecule has 6 nitrogen and oxygen atoms in total. The first-order chi connectivity index (χ1) is 12.6. The van der Waals surface area contributed by atoms with Crippen molar-refractivity contribution >= 4 is 6.03 Å². The molecule has 2 N–H and O–H groups in total. The van der Waals surface area contributed by atoms with Gasteiger partial charge in [-0.3, -0.25) is 0 Å². The third kappa shape index (κ3) is 5.27. The number of carbonyl (C=O) groups excluding carboxylic acids is 1. The molecule has 0 aliphatic heterocycles. The second-order valence-electron chi connectivity index (χ2n) is 5.42. The van der Waals surface area contributed by atoms with Crippen molar-refractivity contribution in [1.29, 1.82) is 0 Å². The summed E-state index contributed by atoms with van der Waals surface area (Å²) in [5.41, 5.74) is 1.51. The Morgan fingerprint density at radius 3 is 2.04 bits per heavy atom. The molecule has 0 aromatic heterocycles. The second kappa shape index (κ2) is 9.50. The van der Waals surface area contributed by atoms with Crippen molar-refractivity contribution in [2.45, 2.75) is 20.0 Å². The van der Waals surface area contributed by atoms with Crippen molar-refractivity contribution in [2.75, 3.05) is 20.8 Å². The van der Waals surface area contributed by atoms with E-state index in [1.165, 1.54) is 6.07 Å². The van der Waals surface area contributed by atoms with Gasteiger partial charge in [-0.1, -0.05) is 12.1 Å². The van der Waals surface area contributed by atoms with Crippen LogP contribution in [0.4, 0.5) is 9.18 Å². The molecule has 140 valence electrons. The Balaban J connectivity index is 1.85.